The van der Waals surface area contributed by atoms with Crippen LogP contribution in [-0.2, 0) is 17.8 Å². The van der Waals surface area contributed by atoms with Crippen molar-refractivity contribution in [3.05, 3.63) is 65.2 Å². The Morgan fingerprint density at radius 1 is 0.941 bits per heavy atom. The van der Waals surface area contributed by atoms with Gasteiger partial charge in [-0.3, -0.25) is 9.69 Å². The zero-order valence-electron chi connectivity index (χ0n) is 21.6. The van der Waals surface area contributed by atoms with Crippen LogP contribution in [0.25, 0.3) is 0 Å². The quantitative estimate of drug-likeness (QED) is 0.489. The lowest BCUT2D eigenvalue weighted by Crippen LogP contribution is -2.44. The first-order valence-electron chi connectivity index (χ1n) is 13.1. The molecular weight excluding hydrogens is 420 g/mol. The summed E-state index contributed by atoms with van der Waals surface area (Å²) in [6.45, 7) is 14.5. The molecule has 0 N–H and O–H groups in total. The standard InChI is InChI=1S/C30H42N2O2/c1-23(2)21-34-28-8-6-5-7-27(28)20-31-16-13-30(22-31)14-17-32(18-15-30)29(33)19-25-9-11-26(12-10-25)24(3)4/h5-12,23-24H,13-22H2,1-4H3. The number of likely N-dealkylation sites (tertiary alicyclic amines) is 2. The third-order valence-electron chi connectivity index (χ3n) is 7.63. The average molecular weight is 463 g/mol. The summed E-state index contributed by atoms with van der Waals surface area (Å²) in [5.74, 6) is 2.35. The molecule has 2 aromatic carbocycles. The minimum Gasteiger partial charge on any atom is -0.493 e. The molecule has 0 aromatic heterocycles. The van der Waals surface area contributed by atoms with Crippen molar-refractivity contribution in [1.29, 1.82) is 0 Å². The van der Waals surface area contributed by atoms with Gasteiger partial charge in [-0.05, 0) is 60.3 Å². The Morgan fingerprint density at radius 3 is 2.29 bits per heavy atom. The Bertz CT molecular complexity index is 943. The van der Waals surface area contributed by atoms with Crippen LogP contribution in [0.15, 0.2) is 48.5 Å². The number of nitrogens with zero attached hydrogens (tertiary/aromatic N) is 2. The molecule has 4 rings (SSSR count). The van der Waals surface area contributed by atoms with Gasteiger partial charge in [0, 0.05) is 31.7 Å². The van der Waals surface area contributed by atoms with Gasteiger partial charge >= 0.3 is 0 Å². The van der Waals surface area contributed by atoms with Crippen molar-refractivity contribution in [2.24, 2.45) is 11.3 Å². The van der Waals surface area contributed by atoms with Gasteiger partial charge in [0.2, 0.25) is 5.91 Å². The highest BCUT2D eigenvalue weighted by molar-refractivity contribution is 5.78. The number of para-hydroxylation sites is 1. The summed E-state index contributed by atoms with van der Waals surface area (Å²) >= 11 is 0. The molecule has 184 valence electrons. The van der Waals surface area contributed by atoms with Crippen molar-refractivity contribution < 1.29 is 9.53 Å². The van der Waals surface area contributed by atoms with E-state index in [0.29, 0.717) is 23.7 Å². The topological polar surface area (TPSA) is 32.8 Å². The van der Waals surface area contributed by atoms with E-state index in [1.54, 1.807) is 0 Å². The molecule has 0 radical (unpaired) electrons. The highest BCUT2D eigenvalue weighted by Crippen LogP contribution is 2.41. The molecule has 0 unspecified atom stereocenters. The molecule has 2 aliphatic rings. The van der Waals surface area contributed by atoms with Gasteiger partial charge in [-0.2, -0.15) is 0 Å². The van der Waals surface area contributed by atoms with E-state index >= 15 is 0 Å². The van der Waals surface area contributed by atoms with Crippen molar-refractivity contribution in [1.82, 2.24) is 9.80 Å². The van der Waals surface area contributed by atoms with Crippen molar-refractivity contribution in [3.8, 4) is 5.75 Å². The smallest absolute Gasteiger partial charge is 0.226 e. The third-order valence-corrected chi connectivity index (χ3v) is 7.63. The number of carbonyl (C=O) groups excluding carboxylic acids is 1. The van der Waals surface area contributed by atoms with Crippen molar-refractivity contribution in [2.75, 3.05) is 32.8 Å². The highest BCUT2D eigenvalue weighted by Gasteiger charge is 2.41. The Morgan fingerprint density at radius 2 is 1.62 bits per heavy atom. The van der Waals surface area contributed by atoms with Crippen molar-refractivity contribution in [2.45, 2.75) is 65.8 Å². The molecule has 2 heterocycles. The van der Waals surface area contributed by atoms with Crippen LogP contribution in [0.5, 0.6) is 5.75 Å². The van der Waals surface area contributed by atoms with Crippen molar-refractivity contribution in [3.63, 3.8) is 0 Å². The minimum absolute atomic E-state index is 0.276. The lowest BCUT2D eigenvalue weighted by Gasteiger charge is -2.39. The number of benzene rings is 2. The van der Waals surface area contributed by atoms with E-state index < -0.39 is 0 Å². The Labute approximate surface area is 206 Å². The SMILES string of the molecule is CC(C)COc1ccccc1CN1CCC2(CCN(C(=O)Cc3ccc(C(C)C)cc3)CC2)C1. The number of rotatable bonds is 8. The highest BCUT2D eigenvalue weighted by atomic mass is 16.5. The molecule has 2 saturated heterocycles. The Kier molecular flexibility index (Phi) is 7.98. The lowest BCUT2D eigenvalue weighted by molar-refractivity contribution is -0.132. The van der Waals surface area contributed by atoms with Crippen molar-refractivity contribution >= 4 is 5.91 Å². The maximum absolute atomic E-state index is 12.9. The van der Waals surface area contributed by atoms with Gasteiger partial charge in [0.1, 0.15) is 5.75 Å². The molecule has 0 bridgehead atoms. The second kappa shape index (κ2) is 10.9. The summed E-state index contributed by atoms with van der Waals surface area (Å²) in [7, 11) is 0. The maximum atomic E-state index is 12.9. The fourth-order valence-corrected chi connectivity index (χ4v) is 5.38. The van der Waals surface area contributed by atoms with Crippen LogP contribution in [0.4, 0.5) is 0 Å². The molecule has 0 aliphatic carbocycles. The number of ether oxygens (including phenoxy) is 1. The van der Waals surface area contributed by atoms with E-state index in [-0.39, 0.29) is 5.91 Å². The summed E-state index contributed by atoms with van der Waals surface area (Å²) in [5.41, 5.74) is 4.11. The third kappa shape index (κ3) is 6.21. The fourth-order valence-electron chi connectivity index (χ4n) is 5.38. The molecule has 2 aromatic rings. The van der Waals surface area contributed by atoms with Gasteiger partial charge in [0.05, 0.1) is 13.0 Å². The molecule has 0 saturated carbocycles. The first-order chi connectivity index (χ1) is 16.3. The van der Waals surface area contributed by atoms with Crippen LogP contribution in [0.1, 0.15) is 69.6 Å². The Balaban J connectivity index is 1.28. The largest absolute Gasteiger partial charge is 0.493 e. The molecular formula is C30H42N2O2. The molecule has 0 atom stereocenters. The van der Waals surface area contributed by atoms with Crippen LogP contribution in [0.2, 0.25) is 0 Å². The average Bonchev–Trinajstić information content (AvgIpc) is 3.21. The molecule has 1 amide bonds. The van der Waals surface area contributed by atoms with Crippen LogP contribution in [0.3, 0.4) is 0 Å². The van der Waals surface area contributed by atoms with Gasteiger partial charge < -0.3 is 9.64 Å². The zero-order chi connectivity index (χ0) is 24.1. The number of piperidine rings is 1. The van der Waals surface area contributed by atoms with Crippen LogP contribution >= 0.6 is 0 Å². The van der Waals surface area contributed by atoms with Crippen LogP contribution in [-0.4, -0.2) is 48.5 Å². The monoisotopic (exact) mass is 462 g/mol. The van der Waals surface area contributed by atoms with E-state index in [1.165, 1.54) is 17.5 Å². The first-order valence-corrected chi connectivity index (χ1v) is 13.1. The second-order valence-electron chi connectivity index (χ2n) is 11.2. The summed E-state index contributed by atoms with van der Waals surface area (Å²) in [5, 5.41) is 0. The first kappa shape index (κ1) is 24.8. The van der Waals surface area contributed by atoms with Gasteiger partial charge in [-0.1, -0.05) is 70.2 Å². The molecule has 1 spiro atoms. The predicted octanol–water partition coefficient (Wildman–Crippen LogP) is 5.90. The normalized spacial score (nSPS) is 18.2. The second-order valence-corrected chi connectivity index (χ2v) is 11.2. The minimum atomic E-state index is 0.276. The van der Waals surface area contributed by atoms with E-state index in [1.807, 2.05) is 0 Å². The molecule has 2 aliphatic heterocycles. The van der Waals surface area contributed by atoms with E-state index in [4.69, 9.17) is 4.74 Å². The number of hydrogen-bond acceptors (Lipinski definition) is 3. The van der Waals surface area contributed by atoms with Crippen LogP contribution in [0, 0.1) is 11.3 Å². The fraction of sp³-hybridized carbons (Fsp3) is 0.567. The van der Waals surface area contributed by atoms with E-state index in [0.717, 1.165) is 63.5 Å². The van der Waals surface area contributed by atoms with Gasteiger partial charge in [0.15, 0.2) is 0 Å². The van der Waals surface area contributed by atoms with Crippen LogP contribution < -0.4 is 4.74 Å². The Hall–Kier alpha value is -2.33. The summed E-state index contributed by atoms with van der Waals surface area (Å²) < 4.78 is 6.08. The molecule has 4 nitrogen and oxygen atoms in total. The zero-order valence-corrected chi connectivity index (χ0v) is 21.6. The number of hydrogen-bond donors (Lipinski definition) is 0. The van der Waals surface area contributed by atoms with Gasteiger partial charge in [-0.15, -0.1) is 0 Å². The van der Waals surface area contributed by atoms with Gasteiger partial charge in [0.25, 0.3) is 0 Å². The number of carbonyl (C=O) groups is 1. The number of amides is 1. The maximum Gasteiger partial charge on any atom is 0.226 e. The summed E-state index contributed by atoms with van der Waals surface area (Å²) in [4.78, 5) is 17.6. The lowest BCUT2D eigenvalue weighted by atomic mass is 9.77. The van der Waals surface area contributed by atoms with Gasteiger partial charge in [-0.25, -0.2) is 0 Å². The van der Waals surface area contributed by atoms with E-state index in [2.05, 4.69) is 86.0 Å². The predicted molar refractivity (Wildman–Crippen MR) is 139 cm³/mol. The molecule has 34 heavy (non-hydrogen) atoms. The van der Waals surface area contributed by atoms with E-state index in [9.17, 15) is 4.79 Å². The summed E-state index contributed by atoms with van der Waals surface area (Å²) in [6, 6.07) is 17.1. The molecule has 2 fully saturated rings. The summed E-state index contributed by atoms with van der Waals surface area (Å²) in [6.07, 6.45) is 3.99. The molecule has 4 heteroatoms.